The average Bonchev–Trinajstić information content (AvgIpc) is 2.70. The zero-order valence-electron chi connectivity index (χ0n) is 12.6. The summed E-state index contributed by atoms with van der Waals surface area (Å²) in [6.45, 7) is 8.47. The molecule has 1 fully saturated rings. The molecule has 1 atom stereocenters. The highest BCUT2D eigenvalue weighted by atomic mass is 16.2. The van der Waals surface area contributed by atoms with Gasteiger partial charge in [-0.2, -0.15) is 0 Å². The summed E-state index contributed by atoms with van der Waals surface area (Å²) in [5.74, 6) is -0.238. The second-order valence-electron chi connectivity index (χ2n) is 5.91. The molecular weight excluding hydrogens is 252 g/mol. The molecule has 1 aliphatic heterocycles. The van der Waals surface area contributed by atoms with E-state index in [1.165, 1.54) is 0 Å². The van der Waals surface area contributed by atoms with Crippen LogP contribution < -0.4 is 5.32 Å². The number of carbonyl (C=O) groups is 2. The van der Waals surface area contributed by atoms with Gasteiger partial charge in [0.2, 0.25) is 11.8 Å². The van der Waals surface area contributed by atoms with Crippen LogP contribution in [0.1, 0.15) is 31.4 Å². The molecule has 2 amide bonds. The third-order valence-electron chi connectivity index (χ3n) is 3.64. The van der Waals surface area contributed by atoms with Crippen LogP contribution in [0.4, 0.5) is 5.69 Å². The lowest BCUT2D eigenvalue weighted by Gasteiger charge is -2.20. The van der Waals surface area contributed by atoms with Crippen molar-refractivity contribution in [1.82, 2.24) is 4.90 Å². The summed E-state index contributed by atoms with van der Waals surface area (Å²) < 4.78 is 0. The molecular formula is C16H22N2O2. The maximum atomic E-state index is 12.3. The number of nitrogens with zero attached hydrogens (tertiary/aromatic N) is 1. The molecule has 108 valence electrons. The molecule has 4 heteroatoms. The molecule has 1 aromatic rings. The van der Waals surface area contributed by atoms with Crippen LogP contribution in [-0.2, 0) is 9.59 Å². The van der Waals surface area contributed by atoms with Crippen molar-refractivity contribution in [2.45, 2.75) is 40.2 Å². The number of aryl methyl sites for hydroxylation is 2. The maximum Gasteiger partial charge on any atom is 0.229 e. The van der Waals surface area contributed by atoms with Gasteiger partial charge in [-0.05, 0) is 51.0 Å². The molecule has 2 rings (SSSR count). The van der Waals surface area contributed by atoms with E-state index in [9.17, 15) is 9.59 Å². The van der Waals surface area contributed by atoms with E-state index in [0.29, 0.717) is 13.0 Å². The third kappa shape index (κ3) is 3.18. The summed E-state index contributed by atoms with van der Waals surface area (Å²) in [4.78, 5) is 25.9. The van der Waals surface area contributed by atoms with Gasteiger partial charge in [0.1, 0.15) is 0 Å². The normalized spacial score (nSPS) is 18.8. The Hall–Kier alpha value is -1.84. The molecule has 0 aromatic heterocycles. The number of likely N-dealkylation sites (tertiary alicyclic amines) is 1. The summed E-state index contributed by atoms with van der Waals surface area (Å²) in [7, 11) is 0. The number of nitrogens with one attached hydrogen (secondary N) is 1. The molecule has 1 aliphatic rings. The highest BCUT2D eigenvalue weighted by Crippen LogP contribution is 2.22. The molecule has 1 saturated heterocycles. The fraction of sp³-hybridized carbons (Fsp3) is 0.500. The molecule has 0 saturated carbocycles. The minimum absolute atomic E-state index is 0.0634. The van der Waals surface area contributed by atoms with Crippen molar-refractivity contribution in [2.75, 3.05) is 11.9 Å². The largest absolute Gasteiger partial charge is 0.339 e. The van der Waals surface area contributed by atoms with Gasteiger partial charge in [-0.3, -0.25) is 9.59 Å². The van der Waals surface area contributed by atoms with E-state index in [0.717, 1.165) is 16.8 Å². The van der Waals surface area contributed by atoms with Gasteiger partial charge in [0.25, 0.3) is 0 Å². The van der Waals surface area contributed by atoms with Crippen LogP contribution in [0, 0.1) is 19.8 Å². The first-order valence-corrected chi connectivity index (χ1v) is 7.05. The van der Waals surface area contributed by atoms with Crippen molar-refractivity contribution >= 4 is 17.5 Å². The smallest absolute Gasteiger partial charge is 0.229 e. The number of amides is 2. The summed E-state index contributed by atoms with van der Waals surface area (Å²) in [5.41, 5.74) is 3.04. The zero-order chi connectivity index (χ0) is 14.9. The van der Waals surface area contributed by atoms with Gasteiger partial charge < -0.3 is 10.2 Å². The third-order valence-corrected chi connectivity index (χ3v) is 3.64. The van der Waals surface area contributed by atoms with Crippen molar-refractivity contribution in [3.8, 4) is 0 Å². The quantitative estimate of drug-likeness (QED) is 0.920. The first-order valence-electron chi connectivity index (χ1n) is 7.05. The van der Waals surface area contributed by atoms with Crippen molar-refractivity contribution < 1.29 is 9.59 Å². The number of hydrogen-bond donors (Lipinski definition) is 1. The number of rotatable bonds is 3. The lowest BCUT2D eigenvalue weighted by atomic mass is 10.1. The SMILES string of the molecule is Cc1cc(C)cc(NC(=O)[C@@H]2CC(=O)N(C(C)C)C2)c1. The summed E-state index contributed by atoms with van der Waals surface area (Å²) in [6, 6.07) is 6.11. The van der Waals surface area contributed by atoms with Crippen molar-refractivity contribution in [1.29, 1.82) is 0 Å². The number of carbonyl (C=O) groups excluding carboxylic acids is 2. The van der Waals surface area contributed by atoms with Crippen molar-refractivity contribution in [3.05, 3.63) is 29.3 Å². The zero-order valence-corrected chi connectivity index (χ0v) is 12.6. The van der Waals surface area contributed by atoms with E-state index in [-0.39, 0.29) is 23.8 Å². The summed E-state index contributed by atoms with van der Waals surface area (Å²) in [6.07, 6.45) is 0.314. The van der Waals surface area contributed by atoms with Gasteiger partial charge in [0, 0.05) is 24.7 Å². The topological polar surface area (TPSA) is 49.4 Å². The first-order chi connectivity index (χ1) is 9.36. The second-order valence-corrected chi connectivity index (χ2v) is 5.91. The van der Waals surface area contributed by atoms with E-state index in [2.05, 4.69) is 11.4 Å². The van der Waals surface area contributed by atoms with E-state index < -0.39 is 0 Å². The molecule has 1 aromatic carbocycles. The number of benzene rings is 1. The summed E-state index contributed by atoms with van der Waals surface area (Å²) >= 11 is 0. The van der Waals surface area contributed by atoms with Gasteiger partial charge in [-0.15, -0.1) is 0 Å². The molecule has 4 nitrogen and oxygen atoms in total. The molecule has 0 spiro atoms. The summed E-state index contributed by atoms with van der Waals surface area (Å²) in [5, 5.41) is 2.93. The van der Waals surface area contributed by atoms with Gasteiger partial charge >= 0.3 is 0 Å². The van der Waals surface area contributed by atoms with E-state index >= 15 is 0 Å². The van der Waals surface area contributed by atoms with E-state index in [1.54, 1.807) is 4.90 Å². The molecule has 0 radical (unpaired) electrons. The minimum Gasteiger partial charge on any atom is -0.339 e. The fourth-order valence-electron chi connectivity index (χ4n) is 2.70. The molecule has 0 aliphatic carbocycles. The fourth-order valence-corrected chi connectivity index (χ4v) is 2.70. The van der Waals surface area contributed by atoms with Crippen LogP contribution >= 0.6 is 0 Å². The Morgan fingerprint density at radius 2 is 1.85 bits per heavy atom. The Kier molecular flexibility index (Phi) is 4.12. The van der Waals surface area contributed by atoms with Crippen LogP contribution in [0.2, 0.25) is 0 Å². The first kappa shape index (κ1) is 14.6. The van der Waals surface area contributed by atoms with Crippen molar-refractivity contribution in [3.63, 3.8) is 0 Å². The van der Waals surface area contributed by atoms with Gasteiger partial charge in [0.05, 0.1) is 5.92 Å². The molecule has 0 bridgehead atoms. The minimum atomic E-state index is -0.245. The van der Waals surface area contributed by atoms with Crippen LogP contribution in [0.5, 0.6) is 0 Å². The number of hydrogen-bond acceptors (Lipinski definition) is 2. The predicted octanol–water partition coefficient (Wildman–Crippen LogP) is 2.50. The van der Waals surface area contributed by atoms with E-state index in [1.807, 2.05) is 39.8 Å². The Morgan fingerprint density at radius 3 is 2.35 bits per heavy atom. The Labute approximate surface area is 120 Å². The predicted molar refractivity (Wildman–Crippen MR) is 79.5 cm³/mol. The monoisotopic (exact) mass is 274 g/mol. The standard InChI is InChI=1S/C16H22N2O2/c1-10(2)18-9-13(8-15(18)19)16(20)17-14-6-11(3)5-12(4)7-14/h5-7,10,13H,8-9H2,1-4H3,(H,17,20)/t13-/m1/s1. The lowest BCUT2D eigenvalue weighted by molar-refractivity contribution is -0.129. The maximum absolute atomic E-state index is 12.3. The second kappa shape index (κ2) is 5.65. The highest BCUT2D eigenvalue weighted by molar-refractivity contribution is 5.97. The van der Waals surface area contributed by atoms with Crippen LogP contribution in [0.25, 0.3) is 0 Å². The molecule has 1 heterocycles. The Balaban J connectivity index is 2.04. The van der Waals surface area contributed by atoms with E-state index in [4.69, 9.17) is 0 Å². The molecule has 0 unspecified atom stereocenters. The van der Waals surface area contributed by atoms with Crippen LogP contribution in [-0.4, -0.2) is 29.3 Å². The Morgan fingerprint density at radius 1 is 1.25 bits per heavy atom. The molecule has 1 N–H and O–H groups in total. The van der Waals surface area contributed by atoms with Crippen LogP contribution in [0.3, 0.4) is 0 Å². The Bertz CT molecular complexity index is 517. The molecule has 20 heavy (non-hydrogen) atoms. The van der Waals surface area contributed by atoms with Crippen LogP contribution in [0.15, 0.2) is 18.2 Å². The van der Waals surface area contributed by atoms with Gasteiger partial charge in [-0.25, -0.2) is 0 Å². The average molecular weight is 274 g/mol. The number of anilines is 1. The van der Waals surface area contributed by atoms with Gasteiger partial charge in [-0.1, -0.05) is 6.07 Å². The van der Waals surface area contributed by atoms with Crippen molar-refractivity contribution in [2.24, 2.45) is 5.92 Å². The lowest BCUT2D eigenvalue weighted by Crippen LogP contribution is -2.33. The highest BCUT2D eigenvalue weighted by Gasteiger charge is 2.35. The van der Waals surface area contributed by atoms with Gasteiger partial charge in [0.15, 0.2) is 0 Å².